The summed E-state index contributed by atoms with van der Waals surface area (Å²) >= 11 is 3.29. The molecule has 0 aliphatic rings. The van der Waals surface area contributed by atoms with Crippen LogP contribution in [0.1, 0.15) is 5.56 Å². The van der Waals surface area contributed by atoms with Crippen LogP contribution >= 0.6 is 15.9 Å². The number of nitrogens with one attached hydrogen (secondary N) is 2. The van der Waals surface area contributed by atoms with Crippen molar-refractivity contribution < 1.29 is 13.2 Å². The summed E-state index contributed by atoms with van der Waals surface area (Å²) in [6.45, 7) is 0.0824. The number of H-pyrrole nitrogens is 1. The zero-order valence-corrected chi connectivity index (χ0v) is 13.0. The van der Waals surface area contributed by atoms with Crippen LogP contribution in [0.5, 0.6) is 5.75 Å². The van der Waals surface area contributed by atoms with E-state index < -0.39 is 10.0 Å². The van der Waals surface area contributed by atoms with Crippen LogP contribution < -0.4 is 15.2 Å². The minimum Gasteiger partial charge on any atom is -0.496 e. The quantitative estimate of drug-likeness (QED) is 0.747. The van der Waals surface area contributed by atoms with Gasteiger partial charge in [0.05, 0.1) is 23.5 Å². The number of benzene rings is 1. The monoisotopic (exact) mass is 360 g/mol. The average molecular weight is 361 g/mol. The number of anilines is 1. The number of nitrogens with two attached hydrogens (primary N) is 1. The number of aromatic amines is 1. The highest BCUT2D eigenvalue weighted by Gasteiger charge is 2.20. The molecule has 1 aromatic carbocycles. The van der Waals surface area contributed by atoms with E-state index in [9.17, 15) is 8.42 Å². The second kappa shape index (κ2) is 5.81. The Morgan fingerprint density at radius 2 is 2.25 bits per heavy atom. The van der Waals surface area contributed by atoms with Crippen molar-refractivity contribution in [1.82, 2.24) is 10.2 Å². The van der Waals surface area contributed by atoms with E-state index in [1.165, 1.54) is 13.3 Å². The Hall–Kier alpha value is -1.58. The van der Waals surface area contributed by atoms with Crippen LogP contribution in [0.3, 0.4) is 0 Å². The van der Waals surface area contributed by atoms with Crippen LogP contribution in [0.15, 0.2) is 33.9 Å². The molecule has 0 amide bonds. The highest BCUT2D eigenvalue weighted by atomic mass is 79.9. The Kier molecular flexibility index (Phi) is 4.31. The first-order chi connectivity index (χ1) is 9.47. The van der Waals surface area contributed by atoms with E-state index in [4.69, 9.17) is 10.5 Å². The number of methoxy groups -OCH3 is 1. The van der Waals surface area contributed by atoms with Gasteiger partial charge in [0.15, 0.2) is 5.03 Å². The molecule has 2 aromatic rings. The van der Waals surface area contributed by atoms with Gasteiger partial charge in [-0.25, -0.2) is 0 Å². The molecule has 20 heavy (non-hydrogen) atoms. The van der Waals surface area contributed by atoms with E-state index >= 15 is 0 Å². The number of hydrogen-bond donors (Lipinski definition) is 3. The number of rotatable bonds is 5. The van der Waals surface area contributed by atoms with E-state index in [0.29, 0.717) is 21.5 Å². The van der Waals surface area contributed by atoms with Crippen LogP contribution in [-0.4, -0.2) is 25.7 Å². The molecule has 0 aliphatic heterocycles. The molecular formula is C11H13BrN4O3S. The van der Waals surface area contributed by atoms with Crippen LogP contribution in [0, 0.1) is 0 Å². The molecule has 108 valence electrons. The van der Waals surface area contributed by atoms with Gasteiger partial charge in [-0.3, -0.25) is 9.82 Å². The van der Waals surface area contributed by atoms with Crippen LogP contribution in [0.25, 0.3) is 0 Å². The van der Waals surface area contributed by atoms with Crippen molar-refractivity contribution in [2.24, 2.45) is 5.73 Å². The first-order valence-corrected chi connectivity index (χ1v) is 7.84. The molecule has 0 radical (unpaired) electrons. The molecule has 2 rings (SSSR count). The van der Waals surface area contributed by atoms with Gasteiger partial charge in [-0.05, 0) is 34.1 Å². The van der Waals surface area contributed by atoms with Gasteiger partial charge in [0.2, 0.25) is 0 Å². The molecule has 1 heterocycles. The second-order valence-electron chi connectivity index (χ2n) is 3.88. The van der Waals surface area contributed by atoms with Crippen molar-refractivity contribution in [3.05, 3.63) is 34.4 Å². The van der Waals surface area contributed by atoms with Crippen molar-refractivity contribution in [1.29, 1.82) is 0 Å². The number of ether oxygens (including phenoxy) is 1. The Morgan fingerprint density at radius 3 is 2.85 bits per heavy atom. The minimum atomic E-state index is -3.76. The van der Waals surface area contributed by atoms with Crippen molar-refractivity contribution in [2.45, 2.75) is 11.6 Å². The van der Waals surface area contributed by atoms with Crippen molar-refractivity contribution in [2.75, 3.05) is 11.8 Å². The summed E-state index contributed by atoms with van der Waals surface area (Å²) in [4.78, 5) is 0. The Morgan fingerprint density at radius 1 is 1.50 bits per heavy atom. The predicted molar refractivity (Wildman–Crippen MR) is 78.0 cm³/mol. The van der Waals surface area contributed by atoms with Crippen LogP contribution in [0.2, 0.25) is 0 Å². The van der Waals surface area contributed by atoms with Crippen LogP contribution in [0.4, 0.5) is 5.69 Å². The summed E-state index contributed by atoms with van der Waals surface area (Å²) in [5, 5.41) is 6.09. The molecule has 4 N–H and O–H groups in total. The summed E-state index contributed by atoms with van der Waals surface area (Å²) in [6.07, 6.45) is 1.39. The van der Waals surface area contributed by atoms with Gasteiger partial charge in [0, 0.05) is 12.1 Å². The van der Waals surface area contributed by atoms with E-state index in [1.54, 1.807) is 18.2 Å². The Balaban J connectivity index is 2.31. The summed E-state index contributed by atoms with van der Waals surface area (Å²) in [5.74, 6) is 0.608. The third-order valence-electron chi connectivity index (χ3n) is 2.57. The third-order valence-corrected chi connectivity index (χ3v) is 4.59. The topological polar surface area (TPSA) is 110 Å². The van der Waals surface area contributed by atoms with Gasteiger partial charge in [-0.2, -0.15) is 13.5 Å². The molecule has 0 unspecified atom stereocenters. The molecule has 9 heteroatoms. The molecule has 0 fully saturated rings. The summed E-state index contributed by atoms with van der Waals surface area (Å²) in [5.41, 5.74) is 6.29. The smallest absolute Gasteiger partial charge is 0.279 e. The number of aromatic nitrogens is 2. The molecule has 0 atom stereocenters. The lowest BCUT2D eigenvalue weighted by Crippen LogP contribution is -2.16. The Bertz CT molecular complexity index is 714. The first kappa shape index (κ1) is 14.8. The molecule has 7 nitrogen and oxygen atoms in total. The molecule has 0 aliphatic carbocycles. The first-order valence-electron chi connectivity index (χ1n) is 5.56. The third kappa shape index (κ3) is 2.94. The highest BCUT2D eigenvalue weighted by molar-refractivity contribution is 9.10. The number of sulfonamides is 1. The van der Waals surface area contributed by atoms with E-state index in [-0.39, 0.29) is 11.6 Å². The van der Waals surface area contributed by atoms with Gasteiger partial charge >= 0.3 is 0 Å². The SMILES string of the molecule is COc1ccc(NS(=O)(=O)c2[nH]ncc2CN)cc1Br. The van der Waals surface area contributed by atoms with E-state index in [0.717, 1.165) is 0 Å². The Labute approximate surface area is 124 Å². The fourth-order valence-corrected chi connectivity index (χ4v) is 3.35. The lowest BCUT2D eigenvalue weighted by Gasteiger charge is -2.09. The highest BCUT2D eigenvalue weighted by Crippen LogP contribution is 2.28. The molecular weight excluding hydrogens is 348 g/mol. The average Bonchev–Trinajstić information content (AvgIpc) is 2.87. The fourth-order valence-electron chi connectivity index (χ4n) is 1.61. The van der Waals surface area contributed by atoms with Crippen LogP contribution in [-0.2, 0) is 16.6 Å². The van der Waals surface area contributed by atoms with Gasteiger partial charge in [-0.15, -0.1) is 0 Å². The zero-order valence-electron chi connectivity index (χ0n) is 10.6. The lowest BCUT2D eigenvalue weighted by atomic mass is 10.3. The molecule has 0 bridgehead atoms. The van der Waals surface area contributed by atoms with Crippen molar-refractivity contribution in [3.8, 4) is 5.75 Å². The maximum atomic E-state index is 12.2. The fraction of sp³-hybridized carbons (Fsp3) is 0.182. The largest absolute Gasteiger partial charge is 0.496 e. The van der Waals surface area contributed by atoms with Crippen molar-refractivity contribution in [3.63, 3.8) is 0 Å². The van der Waals surface area contributed by atoms with E-state index in [1.807, 2.05) is 0 Å². The maximum absolute atomic E-state index is 12.2. The summed E-state index contributed by atoms with van der Waals surface area (Å²) < 4.78 is 32.6. The van der Waals surface area contributed by atoms with Gasteiger partial charge in [0.25, 0.3) is 10.0 Å². The van der Waals surface area contributed by atoms with Crippen molar-refractivity contribution >= 4 is 31.6 Å². The normalized spacial score (nSPS) is 11.3. The maximum Gasteiger partial charge on any atom is 0.279 e. The van der Waals surface area contributed by atoms with Gasteiger partial charge in [0.1, 0.15) is 5.75 Å². The second-order valence-corrected chi connectivity index (χ2v) is 6.36. The number of hydrogen-bond acceptors (Lipinski definition) is 5. The van der Waals surface area contributed by atoms with Gasteiger partial charge in [-0.1, -0.05) is 0 Å². The van der Waals surface area contributed by atoms with Gasteiger partial charge < -0.3 is 10.5 Å². The van der Waals surface area contributed by atoms with E-state index in [2.05, 4.69) is 30.8 Å². The standard InChI is InChI=1S/C11H13BrN4O3S/c1-19-10-3-2-8(4-9(10)12)16-20(17,18)11-7(5-13)6-14-15-11/h2-4,6,16H,5,13H2,1H3,(H,14,15). The predicted octanol–water partition coefficient (Wildman–Crippen LogP) is 1.44. The molecule has 0 spiro atoms. The summed E-state index contributed by atoms with van der Waals surface area (Å²) in [7, 11) is -2.23. The number of halogens is 1. The zero-order chi connectivity index (χ0) is 14.8. The molecule has 1 aromatic heterocycles. The molecule has 0 saturated heterocycles. The minimum absolute atomic E-state index is 0.0352. The lowest BCUT2D eigenvalue weighted by molar-refractivity contribution is 0.412. The number of nitrogens with zero attached hydrogens (tertiary/aromatic N) is 1. The summed E-state index contributed by atoms with van der Waals surface area (Å²) in [6, 6.07) is 4.85. The molecule has 0 saturated carbocycles.